The molecule has 0 spiro atoms. The summed E-state index contributed by atoms with van der Waals surface area (Å²) < 4.78 is 3.89. The molecule has 0 aliphatic carbocycles. The maximum Gasteiger partial charge on any atom is 0.389 e. The van der Waals surface area contributed by atoms with Crippen molar-refractivity contribution in [3.63, 3.8) is 0 Å². The molecule has 0 aliphatic heterocycles. The van der Waals surface area contributed by atoms with E-state index < -0.39 is 0 Å². The van der Waals surface area contributed by atoms with Crippen molar-refractivity contribution in [1.29, 1.82) is 0 Å². The Morgan fingerprint density at radius 3 is 2.62 bits per heavy atom. The molecule has 0 aliphatic rings. The number of benzene rings is 2. The van der Waals surface area contributed by atoms with E-state index in [1.54, 1.807) is 11.3 Å². The van der Waals surface area contributed by atoms with Gasteiger partial charge in [0.15, 0.2) is 0 Å². The first-order valence-corrected chi connectivity index (χ1v) is 14.2. The van der Waals surface area contributed by atoms with Crippen molar-refractivity contribution in [1.82, 2.24) is 9.55 Å². The number of nitrogens with zero attached hydrogens (tertiary/aromatic N) is 4. The molecular formula is C29H28ClN4OS2+. The third-order valence-electron chi connectivity index (χ3n) is 6.29. The van der Waals surface area contributed by atoms with E-state index >= 15 is 0 Å². The minimum absolute atomic E-state index is 0.210. The number of rotatable bonds is 6. The Morgan fingerprint density at radius 1 is 1.11 bits per heavy atom. The maximum absolute atomic E-state index is 10.9. The van der Waals surface area contributed by atoms with Crippen LogP contribution in [0.5, 0.6) is 5.88 Å². The summed E-state index contributed by atoms with van der Waals surface area (Å²) in [5, 5.41) is 15.6. The van der Waals surface area contributed by atoms with Gasteiger partial charge in [-0.25, -0.2) is 4.98 Å². The topological polar surface area (TPSA) is 54.3 Å². The normalized spacial score (nSPS) is 12.4. The standard InChI is InChI=1S/C29H27ClN4OS2/c1-5-34-27(35)26(15-13-23-12-8-21-16-20(18(2)3)9-14-24(21)31-23)37-29(34)32-28-33(4)25(17-36-28)19-6-10-22(30)11-7-19/h6-18H,5H2,1-4H3/p+1. The van der Waals surface area contributed by atoms with E-state index in [1.165, 1.54) is 16.9 Å². The minimum atomic E-state index is 0.210. The lowest BCUT2D eigenvalue weighted by Gasteiger charge is -2.06. The van der Waals surface area contributed by atoms with Gasteiger partial charge in [0.2, 0.25) is 0 Å². The zero-order valence-corrected chi connectivity index (χ0v) is 23.5. The molecule has 5 nitrogen and oxygen atoms in total. The van der Waals surface area contributed by atoms with E-state index in [4.69, 9.17) is 21.6 Å². The van der Waals surface area contributed by atoms with Crippen LogP contribution in [0.2, 0.25) is 5.02 Å². The smallest absolute Gasteiger partial charge is 0.389 e. The van der Waals surface area contributed by atoms with Crippen LogP contribution in [0.4, 0.5) is 5.13 Å². The minimum Gasteiger partial charge on any atom is -0.477 e. The Hall–Kier alpha value is -3.26. The number of hydrogen-bond donors (Lipinski definition) is 1. The van der Waals surface area contributed by atoms with Gasteiger partial charge in [0.25, 0.3) is 0 Å². The first kappa shape index (κ1) is 25.4. The second-order valence-corrected chi connectivity index (χ2v) is 11.4. The van der Waals surface area contributed by atoms with Crippen LogP contribution in [0.3, 0.4) is 0 Å². The molecule has 0 fully saturated rings. The Morgan fingerprint density at radius 2 is 1.89 bits per heavy atom. The predicted octanol–water partition coefficient (Wildman–Crippen LogP) is 7.56. The molecule has 0 saturated heterocycles. The highest BCUT2D eigenvalue weighted by Crippen LogP contribution is 2.30. The lowest BCUT2D eigenvalue weighted by Crippen LogP contribution is -2.30. The SMILES string of the molecule is CC[n+]1c(N=c2scc(-c3ccc(Cl)cc3)n2C)sc(C=Cc2ccc3cc(C(C)C)ccc3n2)c1O. The number of hydrogen-bond acceptors (Lipinski definition) is 5. The summed E-state index contributed by atoms with van der Waals surface area (Å²) >= 11 is 9.07. The first-order valence-electron chi connectivity index (χ1n) is 12.1. The molecule has 3 heterocycles. The van der Waals surface area contributed by atoms with Gasteiger partial charge in [0.05, 0.1) is 23.4 Å². The molecule has 0 amide bonds. The van der Waals surface area contributed by atoms with Gasteiger partial charge in [-0.15, -0.1) is 0 Å². The second kappa shape index (κ2) is 10.6. The Bertz CT molecular complexity index is 1680. The van der Waals surface area contributed by atoms with E-state index in [-0.39, 0.29) is 5.88 Å². The highest BCUT2D eigenvalue weighted by Gasteiger charge is 2.22. The molecule has 3 aromatic heterocycles. The third kappa shape index (κ3) is 5.25. The van der Waals surface area contributed by atoms with E-state index in [1.807, 2.05) is 61.0 Å². The van der Waals surface area contributed by atoms with Crippen LogP contribution in [0.15, 0.2) is 65.0 Å². The molecule has 0 saturated carbocycles. The van der Waals surface area contributed by atoms with Gasteiger partial charge in [-0.2, -0.15) is 4.57 Å². The lowest BCUT2D eigenvalue weighted by molar-refractivity contribution is -0.682. The van der Waals surface area contributed by atoms with E-state index in [0.717, 1.165) is 42.7 Å². The van der Waals surface area contributed by atoms with E-state index in [2.05, 4.69) is 48.1 Å². The van der Waals surface area contributed by atoms with Gasteiger partial charge < -0.3 is 5.11 Å². The van der Waals surface area contributed by atoms with E-state index in [0.29, 0.717) is 17.5 Å². The monoisotopic (exact) mass is 547 g/mol. The number of aromatic nitrogens is 3. The third-order valence-corrected chi connectivity index (χ3v) is 8.49. The summed E-state index contributed by atoms with van der Waals surface area (Å²) in [7, 11) is 2.00. The van der Waals surface area contributed by atoms with Crippen LogP contribution >= 0.6 is 34.3 Å². The summed E-state index contributed by atoms with van der Waals surface area (Å²) in [6, 6.07) is 18.3. The summed E-state index contributed by atoms with van der Waals surface area (Å²) in [4.78, 5) is 11.3. The van der Waals surface area contributed by atoms with Crippen LogP contribution in [-0.2, 0) is 13.6 Å². The van der Waals surface area contributed by atoms with Crippen LogP contribution in [-0.4, -0.2) is 14.7 Å². The number of halogens is 1. The molecule has 0 unspecified atom stereocenters. The van der Waals surface area contributed by atoms with Gasteiger partial charge in [0.1, 0.15) is 4.88 Å². The molecule has 2 aromatic carbocycles. The molecular weight excluding hydrogens is 520 g/mol. The average Bonchev–Trinajstić information content (AvgIpc) is 3.41. The zero-order chi connectivity index (χ0) is 26.1. The van der Waals surface area contributed by atoms with Crippen LogP contribution < -0.4 is 9.37 Å². The quantitative estimate of drug-likeness (QED) is 0.223. The number of pyridine rings is 1. The maximum atomic E-state index is 10.9. The molecule has 8 heteroatoms. The molecule has 188 valence electrons. The summed E-state index contributed by atoms with van der Waals surface area (Å²) in [6.45, 7) is 7.00. The van der Waals surface area contributed by atoms with Crippen molar-refractivity contribution in [2.75, 3.05) is 0 Å². The predicted molar refractivity (Wildman–Crippen MR) is 156 cm³/mol. The fourth-order valence-electron chi connectivity index (χ4n) is 4.11. The Balaban J connectivity index is 1.46. The number of aromatic hydroxyl groups is 1. The van der Waals surface area contributed by atoms with Crippen molar-refractivity contribution in [2.45, 2.75) is 33.2 Å². The molecule has 0 bridgehead atoms. The first-order chi connectivity index (χ1) is 17.8. The van der Waals surface area contributed by atoms with Gasteiger partial charge in [-0.1, -0.05) is 61.1 Å². The van der Waals surface area contributed by atoms with E-state index in [9.17, 15) is 5.11 Å². The molecule has 1 N–H and O–H groups in total. The van der Waals surface area contributed by atoms with Gasteiger partial charge in [0, 0.05) is 27.8 Å². The fraction of sp³-hybridized carbons (Fsp3) is 0.207. The van der Waals surface area contributed by atoms with Gasteiger partial charge in [-0.3, -0.25) is 4.57 Å². The molecule has 5 aromatic rings. The van der Waals surface area contributed by atoms with Crippen molar-refractivity contribution >= 4 is 62.5 Å². The molecule has 5 rings (SSSR count). The summed E-state index contributed by atoms with van der Waals surface area (Å²) in [5.41, 5.74) is 5.25. The van der Waals surface area contributed by atoms with Crippen LogP contribution in [0.1, 0.15) is 42.8 Å². The second-order valence-electron chi connectivity index (χ2n) is 9.07. The van der Waals surface area contributed by atoms with Gasteiger partial charge in [-0.05, 0) is 77.8 Å². The highest BCUT2D eigenvalue weighted by atomic mass is 35.5. The Labute approximate surface area is 229 Å². The summed E-state index contributed by atoms with van der Waals surface area (Å²) in [5.74, 6) is 0.693. The van der Waals surface area contributed by atoms with Crippen molar-refractivity contribution in [3.05, 3.63) is 85.9 Å². The number of thiazole rings is 2. The largest absolute Gasteiger partial charge is 0.477 e. The Kier molecular flexibility index (Phi) is 7.29. The lowest BCUT2D eigenvalue weighted by atomic mass is 10.0. The van der Waals surface area contributed by atoms with Crippen LogP contribution in [0.25, 0.3) is 34.3 Å². The fourth-order valence-corrected chi connectivity index (χ4v) is 6.19. The molecule has 37 heavy (non-hydrogen) atoms. The highest BCUT2D eigenvalue weighted by molar-refractivity contribution is 7.16. The zero-order valence-electron chi connectivity index (χ0n) is 21.1. The number of fused-ring (bicyclic) bond motifs is 1. The molecule has 0 radical (unpaired) electrons. The van der Waals surface area contributed by atoms with Crippen molar-refractivity contribution < 1.29 is 9.67 Å². The summed E-state index contributed by atoms with van der Waals surface area (Å²) in [6.07, 6.45) is 3.85. The molecule has 0 atom stereocenters. The average molecular weight is 548 g/mol. The van der Waals surface area contributed by atoms with Crippen molar-refractivity contribution in [2.24, 2.45) is 12.0 Å². The van der Waals surface area contributed by atoms with Crippen LogP contribution in [0, 0.1) is 0 Å². The van der Waals surface area contributed by atoms with Crippen molar-refractivity contribution in [3.8, 4) is 17.1 Å². The van der Waals surface area contributed by atoms with Gasteiger partial charge >= 0.3 is 15.8 Å².